The number of rotatable bonds is 6. The van der Waals surface area contributed by atoms with Gasteiger partial charge in [0.2, 0.25) is 0 Å². The summed E-state index contributed by atoms with van der Waals surface area (Å²) in [6.07, 6.45) is 5.83. The normalized spacial score (nSPS) is 23.6. The fourth-order valence-electron chi connectivity index (χ4n) is 6.05. The third-order valence-electron chi connectivity index (χ3n) is 6.70. The summed E-state index contributed by atoms with van der Waals surface area (Å²) in [5.74, 6) is -4.44. The number of alkyl halides is 2. The predicted molar refractivity (Wildman–Crippen MR) is 118 cm³/mol. The van der Waals surface area contributed by atoms with Crippen LogP contribution in [0.1, 0.15) is 77.3 Å². The Labute approximate surface area is 197 Å². The van der Waals surface area contributed by atoms with Crippen LogP contribution in [-0.2, 0) is 11.4 Å². The molecule has 1 aliphatic carbocycles. The van der Waals surface area contributed by atoms with Crippen LogP contribution in [0, 0.1) is 10.8 Å². The Bertz CT molecular complexity index is 1010. The molecule has 186 valence electrons. The number of likely N-dealkylation sites (tertiary alicyclic amines) is 1. The van der Waals surface area contributed by atoms with Crippen molar-refractivity contribution in [3.8, 4) is 5.75 Å². The number of halogens is 2. The van der Waals surface area contributed by atoms with E-state index in [4.69, 9.17) is 9.26 Å². The van der Waals surface area contributed by atoms with E-state index >= 15 is 8.78 Å². The van der Waals surface area contributed by atoms with Crippen molar-refractivity contribution < 1.29 is 27.9 Å². The van der Waals surface area contributed by atoms with Crippen molar-refractivity contribution in [3.63, 3.8) is 0 Å². The third-order valence-corrected chi connectivity index (χ3v) is 6.70. The molecule has 1 saturated carbocycles. The molecule has 1 unspecified atom stereocenters. The minimum absolute atomic E-state index is 0.0567. The Morgan fingerprint density at radius 2 is 1.85 bits per heavy atom. The summed E-state index contributed by atoms with van der Waals surface area (Å²) < 4.78 is 42.3. The highest BCUT2D eigenvalue weighted by atomic mass is 19.3. The Hall–Kier alpha value is -2.62. The second-order valence-corrected chi connectivity index (χ2v) is 11.2. The molecule has 0 bridgehead atoms. The summed E-state index contributed by atoms with van der Waals surface area (Å²) in [6, 6.07) is 0.962. The van der Waals surface area contributed by atoms with E-state index < -0.39 is 34.3 Å². The summed E-state index contributed by atoms with van der Waals surface area (Å²) in [5, 5.41) is 15.2. The molecular weight excluding hydrogens is 446 g/mol. The maximum atomic E-state index is 15.7. The number of amides is 1. The lowest BCUT2D eigenvalue weighted by molar-refractivity contribution is -0.231. The molecule has 2 aromatic heterocycles. The number of hydrogen-bond donors (Lipinski definition) is 1. The Morgan fingerprint density at radius 3 is 2.50 bits per heavy atom. The van der Waals surface area contributed by atoms with Crippen molar-refractivity contribution >= 4 is 5.91 Å². The fraction of sp³-hybridized carbons (Fsp3) is 0.667. The summed E-state index contributed by atoms with van der Waals surface area (Å²) in [7, 11) is 0. The largest absolute Gasteiger partial charge is 0.482 e. The second-order valence-electron chi connectivity index (χ2n) is 11.2. The average Bonchev–Trinajstić information content (AvgIpc) is 3.39. The van der Waals surface area contributed by atoms with Gasteiger partial charge >= 0.3 is 5.92 Å². The van der Waals surface area contributed by atoms with Gasteiger partial charge in [-0.25, -0.2) is 9.97 Å². The van der Waals surface area contributed by atoms with Crippen molar-refractivity contribution in [2.75, 3.05) is 6.54 Å². The summed E-state index contributed by atoms with van der Waals surface area (Å²) in [5.41, 5.74) is -3.06. The number of ether oxygens (including phenoxy) is 1. The fourth-order valence-corrected chi connectivity index (χ4v) is 6.05. The van der Waals surface area contributed by atoms with Gasteiger partial charge in [0.25, 0.3) is 5.91 Å². The van der Waals surface area contributed by atoms with Crippen LogP contribution in [0.5, 0.6) is 5.75 Å². The van der Waals surface area contributed by atoms with Gasteiger partial charge < -0.3 is 19.3 Å². The molecule has 34 heavy (non-hydrogen) atoms. The summed E-state index contributed by atoms with van der Waals surface area (Å²) >= 11 is 0. The van der Waals surface area contributed by atoms with Crippen LogP contribution in [-0.4, -0.2) is 49.1 Å². The maximum Gasteiger partial charge on any atom is 0.352 e. The highest BCUT2D eigenvalue weighted by Crippen LogP contribution is 2.55. The van der Waals surface area contributed by atoms with E-state index in [2.05, 4.69) is 15.1 Å². The molecule has 2 aliphatic rings. The Balaban J connectivity index is 1.50. The van der Waals surface area contributed by atoms with Crippen LogP contribution in [0.2, 0.25) is 0 Å². The molecule has 3 heterocycles. The van der Waals surface area contributed by atoms with Crippen LogP contribution in [0.25, 0.3) is 0 Å². The molecule has 1 atom stereocenters. The molecule has 1 amide bonds. The lowest BCUT2D eigenvalue weighted by Crippen LogP contribution is -2.62. The van der Waals surface area contributed by atoms with E-state index in [1.54, 1.807) is 6.07 Å². The molecular formula is C24H32F2N4O4. The van der Waals surface area contributed by atoms with Crippen LogP contribution < -0.4 is 4.74 Å². The van der Waals surface area contributed by atoms with Gasteiger partial charge in [-0.3, -0.25) is 4.79 Å². The lowest BCUT2D eigenvalue weighted by atomic mass is 9.58. The van der Waals surface area contributed by atoms with Crippen LogP contribution in [0.15, 0.2) is 29.3 Å². The first-order valence-electron chi connectivity index (χ1n) is 11.6. The van der Waals surface area contributed by atoms with Crippen molar-refractivity contribution in [1.82, 2.24) is 20.0 Å². The minimum atomic E-state index is -3.92. The van der Waals surface area contributed by atoms with Gasteiger partial charge in [0.15, 0.2) is 11.5 Å². The molecule has 10 heteroatoms. The van der Waals surface area contributed by atoms with Gasteiger partial charge in [-0.2, -0.15) is 8.78 Å². The van der Waals surface area contributed by atoms with Crippen LogP contribution >= 0.6 is 0 Å². The summed E-state index contributed by atoms with van der Waals surface area (Å²) in [4.78, 5) is 22.1. The number of carbonyl (C=O) groups excluding carboxylic acids is 1. The second kappa shape index (κ2) is 8.55. The number of nitrogens with zero attached hydrogens (tertiary/aromatic N) is 4. The molecule has 8 nitrogen and oxygen atoms in total. The van der Waals surface area contributed by atoms with Crippen LogP contribution in [0.3, 0.4) is 0 Å². The molecule has 2 aromatic rings. The zero-order valence-corrected chi connectivity index (χ0v) is 20.1. The first-order chi connectivity index (χ1) is 15.8. The Kier molecular flexibility index (Phi) is 6.16. The number of aromatic nitrogens is 3. The topological polar surface area (TPSA) is 102 Å². The first-order valence-corrected chi connectivity index (χ1v) is 11.6. The van der Waals surface area contributed by atoms with Crippen molar-refractivity contribution in [2.45, 2.75) is 84.0 Å². The van der Waals surface area contributed by atoms with Crippen molar-refractivity contribution in [3.05, 3.63) is 36.2 Å². The van der Waals surface area contributed by atoms with E-state index in [1.165, 1.54) is 18.7 Å². The van der Waals surface area contributed by atoms with E-state index in [1.807, 2.05) is 27.7 Å². The minimum Gasteiger partial charge on any atom is -0.482 e. The molecule has 0 spiro atoms. The van der Waals surface area contributed by atoms with Gasteiger partial charge in [-0.1, -0.05) is 32.9 Å². The molecule has 1 aliphatic heterocycles. The smallest absolute Gasteiger partial charge is 0.352 e. The van der Waals surface area contributed by atoms with E-state index in [9.17, 15) is 9.90 Å². The van der Waals surface area contributed by atoms with Gasteiger partial charge in [-0.15, -0.1) is 0 Å². The predicted octanol–water partition coefficient (Wildman–Crippen LogP) is 4.31. The molecule has 1 saturated heterocycles. The molecule has 0 aromatic carbocycles. The quantitative estimate of drug-likeness (QED) is 0.660. The maximum absolute atomic E-state index is 15.7. The Morgan fingerprint density at radius 1 is 1.21 bits per heavy atom. The van der Waals surface area contributed by atoms with Gasteiger partial charge in [0.1, 0.15) is 24.2 Å². The third kappa shape index (κ3) is 4.78. The van der Waals surface area contributed by atoms with Gasteiger partial charge in [0, 0.05) is 12.6 Å². The molecule has 4 rings (SSSR count). The number of carbonyl (C=O) groups is 1. The van der Waals surface area contributed by atoms with E-state index in [0.717, 1.165) is 4.90 Å². The highest BCUT2D eigenvalue weighted by Gasteiger charge is 2.65. The van der Waals surface area contributed by atoms with Crippen LogP contribution in [0.4, 0.5) is 8.78 Å². The molecule has 0 radical (unpaired) electrons. The first kappa shape index (κ1) is 24.5. The monoisotopic (exact) mass is 478 g/mol. The van der Waals surface area contributed by atoms with Crippen molar-refractivity contribution in [2.24, 2.45) is 10.8 Å². The SMILES string of the molecule is CC1(C)CC(C)(C)CC(O)(C(F)(F)C(=O)N2CCCC2c2cc(COc3cncnc3)on2)C1. The number of aliphatic hydroxyl groups is 1. The van der Waals surface area contributed by atoms with E-state index in [-0.39, 0.29) is 26.0 Å². The van der Waals surface area contributed by atoms with Gasteiger partial charge in [-0.05, 0) is 42.9 Å². The van der Waals surface area contributed by atoms with Crippen molar-refractivity contribution in [1.29, 1.82) is 0 Å². The average molecular weight is 479 g/mol. The van der Waals surface area contributed by atoms with E-state index in [0.29, 0.717) is 36.5 Å². The zero-order valence-electron chi connectivity index (χ0n) is 20.1. The standard InChI is InChI=1S/C24H32F2N4O4/c1-21(2)12-22(3,4)14-23(32,13-21)24(25,26)20(31)30-7-5-6-19(30)18-8-16(34-29-18)11-33-17-9-27-15-28-10-17/h8-10,15,19,32H,5-7,11-14H2,1-4H3. The summed E-state index contributed by atoms with van der Waals surface area (Å²) in [6.45, 7) is 7.66. The number of hydrogen-bond acceptors (Lipinski definition) is 7. The zero-order chi connectivity index (χ0) is 24.8. The molecule has 2 fully saturated rings. The highest BCUT2D eigenvalue weighted by molar-refractivity contribution is 5.85. The van der Waals surface area contributed by atoms with Gasteiger partial charge in [0.05, 0.1) is 18.4 Å². The molecule has 1 N–H and O–H groups in total. The lowest BCUT2D eigenvalue weighted by Gasteiger charge is -2.51.